The van der Waals surface area contributed by atoms with Gasteiger partial charge in [0.2, 0.25) is 0 Å². The van der Waals surface area contributed by atoms with E-state index in [4.69, 9.17) is 0 Å². The predicted octanol–water partition coefficient (Wildman–Crippen LogP) is 6.52. The maximum absolute atomic E-state index is 13.4. The minimum Gasteiger partial charge on any atom is -0.370 e. The Labute approximate surface area is 174 Å². The molecule has 1 aromatic rings. The summed E-state index contributed by atoms with van der Waals surface area (Å²) in [5, 5.41) is 6.90. The molecule has 29 heavy (non-hydrogen) atoms. The zero-order valence-electron chi connectivity index (χ0n) is 17.9. The highest BCUT2D eigenvalue weighted by atomic mass is 19.3. The van der Waals surface area contributed by atoms with E-state index < -0.39 is 5.92 Å². The number of benzene rings is 1. The van der Waals surface area contributed by atoms with E-state index in [9.17, 15) is 8.78 Å². The van der Waals surface area contributed by atoms with Gasteiger partial charge in [-0.1, -0.05) is 75.3 Å². The van der Waals surface area contributed by atoms with Crippen molar-refractivity contribution < 1.29 is 8.78 Å². The van der Waals surface area contributed by atoms with Crippen LogP contribution in [0.15, 0.2) is 54.6 Å². The van der Waals surface area contributed by atoms with Crippen LogP contribution in [0.25, 0.3) is 5.70 Å². The first-order chi connectivity index (χ1) is 13.7. The molecule has 158 valence electrons. The Balaban J connectivity index is 1.50. The van der Waals surface area contributed by atoms with E-state index in [-0.39, 0.29) is 17.8 Å². The lowest BCUT2D eigenvalue weighted by molar-refractivity contribution is 0.0175. The Kier molecular flexibility index (Phi) is 6.62. The summed E-state index contributed by atoms with van der Waals surface area (Å²) in [6, 6.07) is 6.58. The molecular formula is C25H34F2N2. The van der Waals surface area contributed by atoms with Gasteiger partial charge < -0.3 is 5.32 Å². The number of nitrogens with one attached hydrogen (secondary N) is 2. The highest BCUT2D eigenvalue weighted by Gasteiger charge is 2.30. The maximum atomic E-state index is 13.4. The molecule has 2 unspecified atom stereocenters. The molecule has 3 rings (SSSR count). The molecule has 0 aliphatic heterocycles. The average molecular weight is 401 g/mol. The molecule has 0 radical (unpaired) electrons. The van der Waals surface area contributed by atoms with Gasteiger partial charge in [0.15, 0.2) is 0 Å². The average Bonchev–Trinajstić information content (AvgIpc) is 2.68. The zero-order valence-corrected chi connectivity index (χ0v) is 17.9. The number of rotatable bonds is 7. The van der Waals surface area contributed by atoms with Crippen molar-refractivity contribution in [2.24, 2.45) is 5.41 Å². The summed E-state index contributed by atoms with van der Waals surface area (Å²) in [6.45, 7) is 9.43. The molecule has 2 atom stereocenters. The number of hydrogen-bond donors (Lipinski definition) is 2. The number of allylic oxidation sites excluding steroid dienone is 2. The highest BCUT2D eigenvalue weighted by molar-refractivity contribution is 5.62. The summed E-state index contributed by atoms with van der Waals surface area (Å²) < 4.78 is 26.7. The second-order valence-electron chi connectivity index (χ2n) is 8.96. The van der Waals surface area contributed by atoms with Crippen molar-refractivity contribution in [3.63, 3.8) is 0 Å². The zero-order chi connectivity index (χ0) is 21.1. The van der Waals surface area contributed by atoms with Gasteiger partial charge >= 0.3 is 0 Å². The van der Waals surface area contributed by atoms with Crippen LogP contribution in [0.4, 0.5) is 8.78 Å². The van der Waals surface area contributed by atoms with Crippen molar-refractivity contribution >= 4 is 5.70 Å². The summed E-state index contributed by atoms with van der Waals surface area (Å²) in [5.41, 5.74) is 3.40. The van der Waals surface area contributed by atoms with Gasteiger partial charge in [0.1, 0.15) is 0 Å². The molecule has 1 saturated carbocycles. The molecule has 2 N–H and O–H groups in total. The monoisotopic (exact) mass is 400 g/mol. The van der Waals surface area contributed by atoms with Crippen LogP contribution in [-0.4, -0.2) is 12.2 Å². The van der Waals surface area contributed by atoms with Crippen LogP contribution in [0.3, 0.4) is 0 Å². The van der Waals surface area contributed by atoms with Gasteiger partial charge in [-0.2, -0.15) is 0 Å². The second-order valence-corrected chi connectivity index (χ2v) is 8.96. The summed E-state index contributed by atoms with van der Waals surface area (Å²) in [6.07, 6.45) is 14.6. The van der Waals surface area contributed by atoms with Gasteiger partial charge in [-0.05, 0) is 42.7 Å². The fourth-order valence-electron chi connectivity index (χ4n) is 4.48. The fourth-order valence-corrected chi connectivity index (χ4v) is 4.48. The molecule has 4 heteroatoms. The van der Waals surface area contributed by atoms with Crippen LogP contribution in [0.2, 0.25) is 0 Å². The van der Waals surface area contributed by atoms with Gasteiger partial charge in [-0.25, -0.2) is 8.78 Å². The molecule has 2 aliphatic rings. The first-order valence-electron chi connectivity index (χ1n) is 10.8. The topological polar surface area (TPSA) is 24.1 Å². The SMILES string of the molecule is C=C(NC(C)NC1C=CC(C2(C)CCCCC2)=CC1)c1ccc(C(C)(F)F)cc1. The number of alkyl halides is 2. The van der Waals surface area contributed by atoms with Crippen molar-refractivity contribution in [1.82, 2.24) is 10.6 Å². The van der Waals surface area contributed by atoms with Crippen LogP contribution < -0.4 is 10.6 Å². The Morgan fingerprint density at radius 1 is 1.17 bits per heavy atom. The van der Waals surface area contributed by atoms with Crippen LogP contribution in [-0.2, 0) is 5.92 Å². The predicted molar refractivity (Wildman–Crippen MR) is 118 cm³/mol. The van der Waals surface area contributed by atoms with Crippen LogP contribution in [0.5, 0.6) is 0 Å². The maximum Gasteiger partial charge on any atom is 0.270 e. The van der Waals surface area contributed by atoms with Gasteiger partial charge in [0, 0.05) is 24.2 Å². The van der Waals surface area contributed by atoms with E-state index >= 15 is 0 Å². The lowest BCUT2D eigenvalue weighted by atomic mass is 9.69. The molecule has 1 fully saturated rings. The molecule has 0 amide bonds. The third kappa shape index (κ3) is 5.57. The van der Waals surface area contributed by atoms with Crippen molar-refractivity contribution in [2.75, 3.05) is 0 Å². The molecule has 0 spiro atoms. The Bertz CT molecular complexity index is 765. The molecule has 2 aliphatic carbocycles. The van der Waals surface area contributed by atoms with E-state index in [0.717, 1.165) is 24.6 Å². The minimum absolute atomic E-state index is 0.0156. The molecule has 2 nitrogen and oxygen atoms in total. The fraction of sp³-hybridized carbons (Fsp3) is 0.520. The standard InChI is InChI=1S/C25H34F2N2/c1-18(20-8-10-22(11-9-20)25(4,26)27)28-19(2)29-23-14-12-21(13-15-23)24(3)16-6-5-7-17-24/h8-14,19,23,28-29H,1,5-7,15-17H2,2-4H3. The number of halogens is 2. The van der Waals surface area contributed by atoms with Gasteiger partial charge in [-0.3, -0.25) is 5.32 Å². The quantitative estimate of drug-likeness (QED) is 0.509. The van der Waals surface area contributed by atoms with Gasteiger partial charge in [-0.15, -0.1) is 0 Å². The normalized spacial score (nSPS) is 22.7. The minimum atomic E-state index is -2.82. The highest BCUT2D eigenvalue weighted by Crippen LogP contribution is 2.43. The Hall–Kier alpha value is -1.94. The molecular weight excluding hydrogens is 366 g/mol. The van der Waals surface area contributed by atoms with E-state index in [1.807, 2.05) is 0 Å². The lowest BCUT2D eigenvalue weighted by Crippen LogP contribution is -2.44. The van der Waals surface area contributed by atoms with Crippen LogP contribution in [0.1, 0.15) is 70.4 Å². The van der Waals surface area contributed by atoms with Crippen LogP contribution >= 0.6 is 0 Å². The van der Waals surface area contributed by atoms with Crippen molar-refractivity contribution in [3.05, 3.63) is 65.8 Å². The van der Waals surface area contributed by atoms with Crippen molar-refractivity contribution in [3.8, 4) is 0 Å². The molecule has 0 bridgehead atoms. The summed E-state index contributed by atoms with van der Waals surface area (Å²) in [4.78, 5) is 0. The molecule has 0 saturated heterocycles. The number of hydrogen-bond acceptors (Lipinski definition) is 2. The Morgan fingerprint density at radius 3 is 2.38 bits per heavy atom. The summed E-state index contributed by atoms with van der Waals surface area (Å²) >= 11 is 0. The molecule has 1 aromatic carbocycles. The molecule has 0 aromatic heterocycles. The van der Waals surface area contributed by atoms with E-state index in [1.165, 1.54) is 49.8 Å². The van der Waals surface area contributed by atoms with Crippen LogP contribution in [0, 0.1) is 5.41 Å². The summed E-state index contributed by atoms with van der Waals surface area (Å²) in [5.74, 6) is -2.82. The Morgan fingerprint density at radius 2 is 1.83 bits per heavy atom. The third-order valence-corrected chi connectivity index (χ3v) is 6.35. The largest absolute Gasteiger partial charge is 0.370 e. The van der Waals surface area contributed by atoms with E-state index in [0.29, 0.717) is 5.41 Å². The van der Waals surface area contributed by atoms with Crippen molar-refractivity contribution in [2.45, 2.75) is 77.4 Å². The second kappa shape index (κ2) is 8.83. The smallest absolute Gasteiger partial charge is 0.270 e. The van der Waals surface area contributed by atoms with E-state index in [1.54, 1.807) is 12.1 Å². The third-order valence-electron chi connectivity index (χ3n) is 6.35. The first kappa shape index (κ1) is 21.8. The lowest BCUT2D eigenvalue weighted by Gasteiger charge is -2.37. The first-order valence-corrected chi connectivity index (χ1v) is 10.8. The van der Waals surface area contributed by atoms with Crippen molar-refractivity contribution in [1.29, 1.82) is 0 Å². The molecule has 0 heterocycles. The van der Waals surface area contributed by atoms with E-state index in [2.05, 4.69) is 49.3 Å². The summed E-state index contributed by atoms with van der Waals surface area (Å²) in [7, 11) is 0. The van der Waals surface area contributed by atoms with Gasteiger partial charge in [0.25, 0.3) is 5.92 Å². The van der Waals surface area contributed by atoms with Gasteiger partial charge in [0.05, 0.1) is 6.17 Å².